The lowest BCUT2D eigenvalue weighted by Gasteiger charge is -2.08. The van der Waals surface area contributed by atoms with E-state index >= 15 is 0 Å². The largest absolute Gasteiger partial charge is 0.310 e. The molecule has 1 heterocycles. The van der Waals surface area contributed by atoms with E-state index < -0.39 is 0 Å². The van der Waals surface area contributed by atoms with Crippen LogP contribution in [0, 0.1) is 19.7 Å². The zero-order valence-electron chi connectivity index (χ0n) is 12.3. The highest BCUT2D eigenvalue weighted by molar-refractivity contribution is 9.10. The fourth-order valence-corrected chi connectivity index (χ4v) is 2.91. The van der Waals surface area contributed by atoms with Crippen LogP contribution in [0.2, 0.25) is 0 Å². The summed E-state index contributed by atoms with van der Waals surface area (Å²) in [6, 6.07) is 5.69. The van der Waals surface area contributed by atoms with E-state index in [1.54, 1.807) is 6.07 Å². The fraction of sp³-hybridized carbons (Fsp3) is 0.438. The number of aromatic nitrogens is 2. The second-order valence-corrected chi connectivity index (χ2v) is 6.61. The minimum Gasteiger partial charge on any atom is -0.310 e. The van der Waals surface area contributed by atoms with Crippen molar-refractivity contribution in [3.8, 4) is 0 Å². The van der Waals surface area contributed by atoms with E-state index in [9.17, 15) is 4.39 Å². The predicted octanol–water partition coefficient (Wildman–Crippen LogP) is 3.70. The first-order valence-electron chi connectivity index (χ1n) is 7.25. The molecule has 0 saturated heterocycles. The van der Waals surface area contributed by atoms with Crippen molar-refractivity contribution in [1.29, 1.82) is 0 Å². The summed E-state index contributed by atoms with van der Waals surface area (Å²) in [6.07, 6.45) is 2.55. The van der Waals surface area contributed by atoms with Crippen LogP contribution < -0.4 is 5.32 Å². The maximum absolute atomic E-state index is 13.9. The Labute approximate surface area is 132 Å². The molecule has 1 fully saturated rings. The van der Waals surface area contributed by atoms with Crippen molar-refractivity contribution in [1.82, 2.24) is 15.1 Å². The van der Waals surface area contributed by atoms with Crippen LogP contribution in [0.5, 0.6) is 0 Å². The molecule has 3 rings (SSSR count). The number of aryl methyl sites for hydroxylation is 1. The molecule has 1 N–H and O–H groups in total. The molecule has 0 radical (unpaired) electrons. The second-order valence-electron chi connectivity index (χ2n) is 5.70. The molecule has 0 unspecified atom stereocenters. The summed E-state index contributed by atoms with van der Waals surface area (Å²) < 4.78 is 16.7. The average molecular weight is 352 g/mol. The Balaban J connectivity index is 1.81. The first-order valence-corrected chi connectivity index (χ1v) is 8.04. The Morgan fingerprint density at radius 2 is 2.14 bits per heavy atom. The molecule has 1 aromatic heterocycles. The molecule has 0 spiro atoms. The third kappa shape index (κ3) is 3.35. The third-order valence-electron chi connectivity index (χ3n) is 4.00. The third-order valence-corrected chi connectivity index (χ3v) is 4.50. The number of halogens is 2. The van der Waals surface area contributed by atoms with E-state index in [1.807, 2.05) is 17.7 Å². The summed E-state index contributed by atoms with van der Waals surface area (Å²) in [6.45, 7) is 5.38. The van der Waals surface area contributed by atoms with E-state index in [1.165, 1.54) is 24.5 Å². The van der Waals surface area contributed by atoms with Gasteiger partial charge in [0.2, 0.25) is 0 Å². The van der Waals surface area contributed by atoms with Gasteiger partial charge in [-0.3, -0.25) is 4.68 Å². The molecule has 1 aliphatic rings. The molecule has 0 amide bonds. The Kier molecular flexibility index (Phi) is 4.13. The van der Waals surface area contributed by atoms with E-state index in [0.29, 0.717) is 18.2 Å². The second kappa shape index (κ2) is 5.89. The minimum absolute atomic E-state index is 0.191. The van der Waals surface area contributed by atoms with Gasteiger partial charge in [-0.1, -0.05) is 15.9 Å². The maximum Gasteiger partial charge on any atom is 0.128 e. The molecular formula is C16H19BrFN3. The Bertz CT molecular complexity index is 662. The van der Waals surface area contributed by atoms with Gasteiger partial charge in [-0.15, -0.1) is 0 Å². The van der Waals surface area contributed by atoms with Crippen molar-refractivity contribution in [2.24, 2.45) is 0 Å². The highest BCUT2D eigenvalue weighted by atomic mass is 79.9. The van der Waals surface area contributed by atoms with Crippen LogP contribution >= 0.6 is 15.9 Å². The van der Waals surface area contributed by atoms with Crippen molar-refractivity contribution in [3.05, 3.63) is 51.0 Å². The molecule has 2 aromatic rings. The summed E-state index contributed by atoms with van der Waals surface area (Å²) in [7, 11) is 0. The van der Waals surface area contributed by atoms with Crippen LogP contribution in [-0.2, 0) is 13.1 Å². The van der Waals surface area contributed by atoms with Gasteiger partial charge in [-0.2, -0.15) is 5.10 Å². The SMILES string of the molecule is Cc1nn(Cc2cc(Br)ccc2F)c(C)c1CNC1CC1. The van der Waals surface area contributed by atoms with E-state index in [0.717, 1.165) is 22.4 Å². The molecular weight excluding hydrogens is 333 g/mol. The van der Waals surface area contributed by atoms with Gasteiger partial charge in [-0.05, 0) is 44.9 Å². The van der Waals surface area contributed by atoms with Crippen molar-refractivity contribution >= 4 is 15.9 Å². The normalized spacial score (nSPS) is 14.7. The van der Waals surface area contributed by atoms with Crippen LogP contribution in [-0.4, -0.2) is 15.8 Å². The molecule has 3 nitrogen and oxygen atoms in total. The lowest BCUT2D eigenvalue weighted by atomic mass is 10.2. The summed E-state index contributed by atoms with van der Waals surface area (Å²) >= 11 is 3.39. The van der Waals surface area contributed by atoms with Crippen molar-refractivity contribution in [2.75, 3.05) is 0 Å². The summed E-state index contributed by atoms with van der Waals surface area (Å²) in [4.78, 5) is 0. The zero-order chi connectivity index (χ0) is 15.0. The minimum atomic E-state index is -0.191. The van der Waals surface area contributed by atoms with Gasteiger partial charge < -0.3 is 5.32 Å². The molecule has 21 heavy (non-hydrogen) atoms. The van der Waals surface area contributed by atoms with Crippen LogP contribution in [0.3, 0.4) is 0 Å². The van der Waals surface area contributed by atoms with Crippen LogP contribution in [0.4, 0.5) is 4.39 Å². The van der Waals surface area contributed by atoms with Crippen molar-refractivity contribution in [2.45, 2.75) is 45.8 Å². The lowest BCUT2D eigenvalue weighted by Crippen LogP contribution is -2.16. The van der Waals surface area contributed by atoms with Gasteiger partial charge in [0.05, 0.1) is 12.2 Å². The fourth-order valence-electron chi connectivity index (χ4n) is 2.50. The summed E-state index contributed by atoms with van der Waals surface area (Å²) in [5, 5.41) is 8.09. The van der Waals surface area contributed by atoms with Gasteiger partial charge in [-0.25, -0.2) is 4.39 Å². The average Bonchev–Trinajstić information content (AvgIpc) is 3.22. The molecule has 5 heteroatoms. The van der Waals surface area contributed by atoms with Gasteiger partial charge in [0.15, 0.2) is 0 Å². The standard InChI is InChI=1S/C16H19BrFN3/c1-10-15(8-19-14-4-5-14)11(2)21(20-10)9-12-7-13(17)3-6-16(12)18/h3,6-7,14,19H,4-5,8-9H2,1-2H3. The van der Waals surface area contributed by atoms with Gasteiger partial charge >= 0.3 is 0 Å². The monoisotopic (exact) mass is 351 g/mol. The van der Waals surface area contributed by atoms with Crippen molar-refractivity contribution in [3.63, 3.8) is 0 Å². The lowest BCUT2D eigenvalue weighted by molar-refractivity contribution is 0.577. The summed E-state index contributed by atoms with van der Waals surface area (Å²) in [5.41, 5.74) is 4.02. The number of nitrogens with zero attached hydrogens (tertiary/aromatic N) is 2. The topological polar surface area (TPSA) is 29.9 Å². The predicted molar refractivity (Wildman–Crippen MR) is 84.8 cm³/mol. The van der Waals surface area contributed by atoms with Crippen molar-refractivity contribution < 1.29 is 4.39 Å². The van der Waals surface area contributed by atoms with E-state index in [-0.39, 0.29) is 5.82 Å². The smallest absolute Gasteiger partial charge is 0.128 e. The van der Waals surface area contributed by atoms with Gasteiger partial charge in [0.1, 0.15) is 5.82 Å². The number of hydrogen-bond donors (Lipinski definition) is 1. The van der Waals surface area contributed by atoms with E-state index in [2.05, 4.69) is 33.3 Å². The first-order chi connectivity index (χ1) is 10.0. The Hall–Kier alpha value is -1.20. The highest BCUT2D eigenvalue weighted by Gasteiger charge is 2.21. The van der Waals surface area contributed by atoms with Gasteiger partial charge in [0, 0.05) is 33.9 Å². The molecule has 1 aliphatic carbocycles. The molecule has 0 atom stereocenters. The van der Waals surface area contributed by atoms with Crippen LogP contribution in [0.1, 0.15) is 35.4 Å². The summed E-state index contributed by atoms with van der Waals surface area (Å²) in [5.74, 6) is -0.191. The molecule has 1 saturated carbocycles. The number of nitrogens with one attached hydrogen (secondary N) is 1. The molecule has 1 aromatic carbocycles. The van der Waals surface area contributed by atoms with Crippen LogP contribution in [0.25, 0.3) is 0 Å². The quantitative estimate of drug-likeness (QED) is 0.889. The molecule has 0 aliphatic heterocycles. The number of hydrogen-bond acceptors (Lipinski definition) is 2. The first kappa shape index (κ1) is 14.7. The number of rotatable bonds is 5. The molecule has 0 bridgehead atoms. The van der Waals surface area contributed by atoms with E-state index in [4.69, 9.17) is 0 Å². The van der Waals surface area contributed by atoms with Crippen LogP contribution in [0.15, 0.2) is 22.7 Å². The van der Waals surface area contributed by atoms with Gasteiger partial charge in [0.25, 0.3) is 0 Å². The number of benzene rings is 1. The maximum atomic E-state index is 13.9. The molecule has 112 valence electrons. The Morgan fingerprint density at radius 3 is 2.86 bits per heavy atom. The highest BCUT2D eigenvalue weighted by Crippen LogP contribution is 2.22. The zero-order valence-corrected chi connectivity index (χ0v) is 13.9. The Morgan fingerprint density at radius 1 is 1.38 bits per heavy atom.